The molecule has 1 N–H and O–H groups in total. The molecule has 0 bridgehead atoms. The second kappa shape index (κ2) is 8.88. The van der Waals surface area contributed by atoms with Crippen LogP contribution in [0.5, 0.6) is 0 Å². The summed E-state index contributed by atoms with van der Waals surface area (Å²) in [6.45, 7) is 7.50. The molecular weight excluding hydrogens is 334 g/mol. The van der Waals surface area contributed by atoms with Crippen LogP contribution in [0.3, 0.4) is 0 Å². The first-order valence-electron chi connectivity index (χ1n) is 9.69. The molecule has 1 unspecified atom stereocenters. The number of esters is 1. The molecule has 140 valence electrons. The molecule has 0 aliphatic heterocycles. The van der Waals surface area contributed by atoms with E-state index in [1.54, 1.807) is 19.1 Å². The van der Waals surface area contributed by atoms with Crippen LogP contribution >= 0.6 is 0 Å². The third-order valence-corrected chi connectivity index (χ3v) is 5.03. The highest BCUT2D eigenvalue weighted by Crippen LogP contribution is 2.32. The summed E-state index contributed by atoms with van der Waals surface area (Å²) in [5.74, 6) is 6.94. The quantitative estimate of drug-likeness (QED) is 0.610. The fourth-order valence-electron chi connectivity index (χ4n) is 3.05. The predicted octanol–water partition coefficient (Wildman–Crippen LogP) is 4.46. The van der Waals surface area contributed by atoms with Gasteiger partial charge in [-0.05, 0) is 87.1 Å². The standard InChI is InChI=1S/C24H27NO2/c1-4-27-24(26)22-10-7-19(8-11-22)5-6-20-9-12-23(17(2)15-20)16-25-18(3)21-13-14-21/h7-12,15,18,21,25H,4,13-14,16H2,1-3H3. The van der Waals surface area contributed by atoms with Gasteiger partial charge in [-0.25, -0.2) is 4.79 Å². The summed E-state index contributed by atoms with van der Waals surface area (Å²) in [6.07, 6.45) is 2.73. The average Bonchev–Trinajstić information content (AvgIpc) is 3.51. The maximum absolute atomic E-state index is 11.7. The second-order valence-electron chi connectivity index (χ2n) is 7.20. The number of carbonyl (C=O) groups excluding carboxylic acids is 1. The summed E-state index contributed by atoms with van der Waals surface area (Å²) in [7, 11) is 0. The molecule has 0 saturated heterocycles. The molecule has 1 atom stereocenters. The van der Waals surface area contributed by atoms with E-state index >= 15 is 0 Å². The third-order valence-electron chi connectivity index (χ3n) is 5.03. The van der Waals surface area contributed by atoms with Gasteiger partial charge in [0.2, 0.25) is 0 Å². The van der Waals surface area contributed by atoms with Crippen LogP contribution in [-0.4, -0.2) is 18.6 Å². The number of aryl methyl sites for hydroxylation is 1. The number of hydrogen-bond acceptors (Lipinski definition) is 3. The van der Waals surface area contributed by atoms with Gasteiger partial charge in [0, 0.05) is 23.7 Å². The maximum atomic E-state index is 11.7. The number of nitrogens with one attached hydrogen (secondary N) is 1. The number of ether oxygens (including phenoxy) is 1. The van der Waals surface area contributed by atoms with E-state index in [0.717, 1.165) is 23.6 Å². The molecule has 2 aromatic carbocycles. The Balaban J connectivity index is 1.62. The molecule has 0 aromatic heterocycles. The summed E-state index contributed by atoms with van der Waals surface area (Å²) in [5, 5.41) is 3.63. The van der Waals surface area contributed by atoms with Crippen LogP contribution in [0.25, 0.3) is 0 Å². The minimum atomic E-state index is -0.298. The molecule has 1 fully saturated rings. The van der Waals surface area contributed by atoms with Crippen molar-refractivity contribution < 1.29 is 9.53 Å². The molecule has 3 heteroatoms. The molecule has 1 aliphatic rings. The first-order chi connectivity index (χ1) is 13.1. The van der Waals surface area contributed by atoms with Gasteiger partial charge in [-0.15, -0.1) is 0 Å². The van der Waals surface area contributed by atoms with Gasteiger partial charge >= 0.3 is 5.97 Å². The lowest BCUT2D eigenvalue weighted by Gasteiger charge is -2.14. The Kier molecular flexibility index (Phi) is 6.32. The van der Waals surface area contributed by atoms with Crippen molar-refractivity contribution >= 4 is 5.97 Å². The van der Waals surface area contributed by atoms with Crippen molar-refractivity contribution in [1.29, 1.82) is 0 Å². The van der Waals surface area contributed by atoms with E-state index in [9.17, 15) is 4.79 Å². The van der Waals surface area contributed by atoms with Gasteiger partial charge in [-0.1, -0.05) is 17.9 Å². The largest absolute Gasteiger partial charge is 0.462 e. The molecule has 3 nitrogen and oxygen atoms in total. The highest BCUT2D eigenvalue weighted by molar-refractivity contribution is 5.89. The SMILES string of the molecule is CCOC(=O)c1ccc(C#Cc2ccc(CNC(C)C3CC3)c(C)c2)cc1. The Morgan fingerprint density at radius 2 is 1.81 bits per heavy atom. The van der Waals surface area contributed by atoms with Crippen LogP contribution in [-0.2, 0) is 11.3 Å². The van der Waals surface area contributed by atoms with E-state index in [1.165, 1.54) is 24.0 Å². The van der Waals surface area contributed by atoms with E-state index < -0.39 is 0 Å². The Hall–Kier alpha value is -2.57. The first-order valence-corrected chi connectivity index (χ1v) is 9.69. The fraction of sp³-hybridized carbons (Fsp3) is 0.375. The van der Waals surface area contributed by atoms with E-state index in [4.69, 9.17) is 4.74 Å². The van der Waals surface area contributed by atoms with E-state index in [1.807, 2.05) is 12.1 Å². The van der Waals surface area contributed by atoms with Crippen LogP contribution < -0.4 is 5.32 Å². The highest BCUT2D eigenvalue weighted by Gasteiger charge is 2.27. The van der Waals surface area contributed by atoms with Crippen LogP contribution in [0, 0.1) is 24.7 Å². The van der Waals surface area contributed by atoms with Crippen LogP contribution in [0.2, 0.25) is 0 Å². The number of benzene rings is 2. The maximum Gasteiger partial charge on any atom is 0.338 e. The van der Waals surface area contributed by atoms with Crippen molar-refractivity contribution in [2.45, 2.75) is 46.2 Å². The Bertz CT molecular complexity index is 854. The van der Waals surface area contributed by atoms with Crippen LogP contribution in [0.15, 0.2) is 42.5 Å². The molecule has 0 spiro atoms. The summed E-state index contributed by atoms with van der Waals surface area (Å²) in [4.78, 5) is 11.7. The average molecular weight is 361 g/mol. The van der Waals surface area contributed by atoms with Gasteiger partial charge in [0.15, 0.2) is 0 Å². The van der Waals surface area contributed by atoms with E-state index in [0.29, 0.717) is 18.2 Å². The van der Waals surface area contributed by atoms with Crippen molar-refractivity contribution in [1.82, 2.24) is 5.32 Å². The van der Waals surface area contributed by atoms with E-state index in [-0.39, 0.29) is 5.97 Å². The minimum absolute atomic E-state index is 0.298. The monoisotopic (exact) mass is 361 g/mol. The van der Waals surface area contributed by atoms with Crippen molar-refractivity contribution in [3.8, 4) is 11.8 Å². The Morgan fingerprint density at radius 1 is 1.15 bits per heavy atom. The second-order valence-corrected chi connectivity index (χ2v) is 7.20. The molecule has 0 amide bonds. The zero-order valence-corrected chi connectivity index (χ0v) is 16.3. The highest BCUT2D eigenvalue weighted by atomic mass is 16.5. The van der Waals surface area contributed by atoms with Gasteiger partial charge in [0.1, 0.15) is 0 Å². The minimum Gasteiger partial charge on any atom is -0.462 e. The lowest BCUT2D eigenvalue weighted by atomic mass is 10.0. The van der Waals surface area contributed by atoms with Gasteiger partial charge in [0.05, 0.1) is 12.2 Å². The fourth-order valence-corrected chi connectivity index (χ4v) is 3.05. The number of hydrogen-bond donors (Lipinski definition) is 1. The van der Waals surface area contributed by atoms with Crippen LogP contribution in [0.4, 0.5) is 0 Å². The lowest BCUT2D eigenvalue weighted by molar-refractivity contribution is 0.0526. The van der Waals surface area contributed by atoms with Crippen molar-refractivity contribution in [3.63, 3.8) is 0 Å². The molecule has 0 heterocycles. The van der Waals surface area contributed by atoms with Crippen molar-refractivity contribution in [2.24, 2.45) is 5.92 Å². The molecule has 3 rings (SSSR count). The molecule has 27 heavy (non-hydrogen) atoms. The Morgan fingerprint density at radius 3 is 2.44 bits per heavy atom. The van der Waals surface area contributed by atoms with Gasteiger partial charge < -0.3 is 10.1 Å². The molecular formula is C24H27NO2. The normalized spacial score (nSPS) is 14.2. The van der Waals surface area contributed by atoms with Gasteiger partial charge in [0.25, 0.3) is 0 Å². The summed E-state index contributed by atoms with van der Waals surface area (Å²) in [5.41, 5.74) is 5.02. The first kappa shape index (κ1) is 19.2. The molecule has 1 aliphatic carbocycles. The topological polar surface area (TPSA) is 38.3 Å². The predicted molar refractivity (Wildman–Crippen MR) is 109 cm³/mol. The number of rotatable bonds is 6. The lowest BCUT2D eigenvalue weighted by Crippen LogP contribution is -2.27. The zero-order valence-electron chi connectivity index (χ0n) is 16.3. The number of carbonyl (C=O) groups is 1. The van der Waals surface area contributed by atoms with E-state index in [2.05, 4.69) is 49.2 Å². The van der Waals surface area contributed by atoms with Crippen molar-refractivity contribution in [2.75, 3.05) is 6.61 Å². The van der Waals surface area contributed by atoms with Gasteiger partial charge in [-0.2, -0.15) is 0 Å². The molecule has 1 saturated carbocycles. The van der Waals surface area contributed by atoms with Crippen molar-refractivity contribution in [3.05, 3.63) is 70.3 Å². The Labute approximate surface area is 162 Å². The third kappa shape index (κ3) is 5.45. The van der Waals surface area contributed by atoms with Crippen LogP contribution in [0.1, 0.15) is 59.3 Å². The summed E-state index contributed by atoms with van der Waals surface area (Å²) >= 11 is 0. The summed E-state index contributed by atoms with van der Waals surface area (Å²) < 4.78 is 4.99. The summed E-state index contributed by atoms with van der Waals surface area (Å²) in [6, 6.07) is 14.2. The molecule has 2 aromatic rings. The van der Waals surface area contributed by atoms with Gasteiger partial charge in [-0.3, -0.25) is 0 Å². The zero-order chi connectivity index (χ0) is 19.2. The smallest absolute Gasteiger partial charge is 0.338 e. The molecule has 0 radical (unpaired) electrons.